The average molecular weight is 366 g/mol. The number of hydrogen-bond donors (Lipinski definition) is 1. The van der Waals surface area contributed by atoms with E-state index in [1.165, 1.54) is 41.8 Å². The molecule has 0 spiro atoms. The van der Waals surface area contributed by atoms with Crippen LogP contribution in [0.4, 0.5) is 10.8 Å². The Labute approximate surface area is 160 Å². The van der Waals surface area contributed by atoms with Crippen LogP contribution >= 0.6 is 11.3 Å². The van der Waals surface area contributed by atoms with Crippen LogP contribution in [0.2, 0.25) is 0 Å². The minimum Gasteiger partial charge on any atom is -0.332 e. The highest BCUT2D eigenvalue weighted by Gasteiger charge is 2.15. The Kier molecular flexibility index (Phi) is 5.23. The highest BCUT2D eigenvalue weighted by atomic mass is 32.1. The number of aryl methyl sites for hydroxylation is 1. The Morgan fingerprint density at radius 3 is 2.54 bits per heavy atom. The number of piperidine rings is 1. The standard InChI is InChI=1S/C22H27N3S/c1-3-17-6-9-20-21(14-17)26-22(24-20)23-19-7-4-18(5-8-19)15-25-12-10-16(2)11-13-25/h4-9,14,16H,3,10-13,15H2,1-2H3,(H,23,24). The second kappa shape index (κ2) is 7.77. The van der Waals surface area contributed by atoms with Gasteiger partial charge < -0.3 is 5.32 Å². The van der Waals surface area contributed by atoms with Crippen molar-refractivity contribution < 1.29 is 0 Å². The summed E-state index contributed by atoms with van der Waals surface area (Å²) in [6.07, 6.45) is 3.72. The van der Waals surface area contributed by atoms with Crippen molar-refractivity contribution in [2.45, 2.75) is 39.7 Å². The third-order valence-electron chi connectivity index (χ3n) is 5.35. The number of thiazole rings is 1. The predicted molar refractivity (Wildman–Crippen MR) is 112 cm³/mol. The van der Waals surface area contributed by atoms with E-state index < -0.39 is 0 Å². The summed E-state index contributed by atoms with van der Waals surface area (Å²) in [7, 11) is 0. The molecule has 2 aromatic carbocycles. The molecule has 1 aliphatic rings. The van der Waals surface area contributed by atoms with Gasteiger partial charge >= 0.3 is 0 Å². The van der Waals surface area contributed by atoms with Crippen molar-refractivity contribution in [1.29, 1.82) is 0 Å². The van der Waals surface area contributed by atoms with E-state index in [0.29, 0.717) is 0 Å². The summed E-state index contributed by atoms with van der Waals surface area (Å²) >= 11 is 1.72. The molecule has 0 atom stereocenters. The van der Waals surface area contributed by atoms with Gasteiger partial charge in [0.15, 0.2) is 5.13 Å². The molecule has 1 fully saturated rings. The minimum atomic E-state index is 0.889. The minimum absolute atomic E-state index is 0.889. The van der Waals surface area contributed by atoms with Gasteiger partial charge in [-0.1, -0.05) is 43.4 Å². The largest absolute Gasteiger partial charge is 0.332 e. The first kappa shape index (κ1) is 17.5. The molecule has 1 saturated heterocycles. The van der Waals surface area contributed by atoms with E-state index in [4.69, 9.17) is 4.98 Å². The van der Waals surface area contributed by atoms with Crippen LogP contribution in [0.15, 0.2) is 42.5 Å². The topological polar surface area (TPSA) is 28.2 Å². The van der Waals surface area contributed by atoms with Gasteiger partial charge in [-0.25, -0.2) is 4.98 Å². The molecule has 136 valence electrons. The number of anilines is 2. The molecule has 1 N–H and O–H groups in total. The summed E-state index contributed by atoms with van der Waals surface area (Å²) in [6, 6.07) is 15.4. The number of rotatable bonds is 5. The molecular formula is C22H27N3S. The lowest BCUT2D eigenvalue weighted by molar-refractivity contribution is 0.185. The summed E-state index contributed by atoms with van der Waals surface area (Å²) in [5.41, 5.74) is 4.94. The summed E-state index contributed by atoms with van der Waals surface area (Å²) in [5.74, 6) is 0.889. The molecule has 4 heteroatoms. The maximum absolute atomic E-state index is 4.71. The fourth-order valence-electron chi connectivity index (χ4n) is 3.54. The second-order valence-corrected chi connectivity index (χ2v) is 8.49. The fraction of sp³-hybridized carbons (Fsp3) is 0.409. The molecule has 0 saturated carbocycles. The van der Waals surface area contributed by atoms with Gasteiger partial charge in [0.2, 0.25) is 0 Å². The van der Waals surface area contributed by atoms with Crippen LogP contribution in [-0.4, -0.2) is 23.0 Å². The van der Waals surface area contributed by atoms with Crippen molar-refractivity contribution in [3.8, 4) is 0 Å². The molecule has 1 aromatic heterocycles. The van der Waals surface area contributed by atoms with Gasteiger partial charge in [0, 0.05) is 12.2 Å². The van der Waals surface area contributed by atoms with Crippen LogP contribution in [0.25, 0.3) is 10.2 Å². The molecule has 3 aromatic rings. The Morgan fingerprint density at radius 2 is 1.81 bits per heavy atom. The lowest BCUT2D eigenvalue weighted by Gasteiger charge is -2.30. The third kappa shape index (κ3) is 4.08. The molecule has 4 rings (SSSR count). The van der Waals surface area contributed by atoms with Crippen molar-refractivity contribution in [3.05, 3.63) is 53.6 Å². The lowest BCUT2D eigenvalue weighted by Crippen LogP contribution is -2.32. The van der Waals surface area contributed by atoms with Crippen LogP contribution < -0.4 is 5.32 Å². The van der Waals surface area contributed by atoms with E-state index >= 15 is 0 Å². The number of fused-ring (bicyclic) bond motifs is 1. The lowest BCUT2D eigenvalue weighted by atomic mass is 9.99. The number of nitrogens with zero attached hydrogens (tertiary/aromatic N) is 2. The first-order chi connectivity index (χ1) is 12.7. The molecule has 0 amide bonds. The van der Waals surface area contributed by atoms with Gasteiger partial charge in [0.25, 0.3) is 0 Å². The predicted octanol–water partition coefficient (Wildman–Crippen LogP) is 5.83. The Balaban J connectivity index is 1.41. The van der Waals surface area contributed by atoms with Crippen LogP contribution in [0, 0.1) is 5.92 Å². The number of aromatic nitrogens is 1. The molecule has 26 heavy (non-hydrogen) atoms. The maximum atomic E-state index is 4.71. The SMILES string of the molecule is CCc1ccc2nc(Nc3ccc(CN4CCC(C)CC4)cc3)sc2c1. The quantitative estimate of drug-likeness (QED) is 0.616. The zero-order valence-electron chi connectivity index (χ0n) is 15.7. The summed E-state index contributed by atoms with van der Waals surface area (Å²) < 4.78 is 1.25. The Morgan fingerprint density at radius 1 is 1.08 bits per heavy atom. The van der Waals surface area contributed by atoms with Crippen molar-refractivity contribution in [2.75, 3.05) is 18.4 Å². The summed E-state index contributed by atoms with van der Waals surface area (Å²) in [5, 5.41) is 4.43. The summed E-state index contributed by atoms with van der Waals surface area (Å²) in [6.45, 7) is 8.07. The van der Waals surface area contributed by atoms with Gasteiger partial charge in [-0.05, 0) is 73.7 Å². The maximum Gasteiger partial charge on any atom is 0.188 e. The van der Waals surface area contributed by atoms with Gasteiger partial charge in [-0.3, -0.25) is 4.90 Å². The number of benzene rings is 2. The smallest absolute Gasteiger partial charge is 0.188 e. The first-order valence-electron chi connectivity index (χ1n) is 9.67. The molecule has 0 radical (unpaired) electrons. The molecular weight excluding hydrogens is 338 g/mol. The second-order valence-electron chi connectivity index (χ2n) is 7.46. The van der Waals surface area contributed by atoms with Crippen molar-refractivity contribution in [3.63, 3.8) is 0 Å². The van der Waals surface area contributed by atoms with Gasteiger partial charge in [-0.15, -0.1) is 0 Å². The summed E-state index contributed by atoms with van der Waals surface area (Å²) in [4.78, 5) is 7.28. The van der Waals surface area contributed by atoms with E-state index in [0.717, 1.165) is 35.2 Å². The monoisotopic (exact) mass is 365 g/mol. The third-order valence-corrected chi connectivity index (χ3v) is 6.28. The average Bonchev–Trinajstić information content (AvgIpc) is 3.06. The molecule has 3 nitrogen and oxygen atoms in total. The molecule has 2 heterocycles. The van der Waals surface area contributed by atoms with Crippen LogP contribution in [0.3, 0.4) is 0 Å². The molecule has 0 unspecified atom stereocenters. The molecule has 1 aliphatic heterocycles. The zero-order valence-corrected chi connectivity index (χ0v) is 16.5. The van der Waals surface area contributed by atoms with Crippen LogP contribution in [0.1, 0.15) is 37.8 Å². The fourth-order valence-corrected chi connectivity index (χ4v) is 4.49. The van der Waals surface area contributed by atoms with Gasteiger partial charge in [0.1, 0.15) is 0 Å². The van der Waals surface area contributed by atoms with Crippen LogP contribution in [-0.2, 0) is 13.0 Å². The van der Waals surface area contributed by atoms with Crippen LogP contribution in [0.5, 0.6) is 0 Å². The number of likely N-dealkylation sites (tertiary alicyclic amines) is 1. The van der Waals surface area contributed by atoms with Crippen molar-refractivity contribution in [2.24, 2.45) is 5.92 Å². The normalized spacial score (nSPS) is 16.2. The number of hydrogen-bond acceptors (Lipinski definition) is 4. The molecule has 0 aliphatic carbocycles. The van der Waals surface area contributed by atoms with Crippen molar-refractivity contribution in [1.82, 2.24) is 9.88 Å². The van der Waals surface area contributed by atoms with E-state index in [2.05, 4.69) is 66.5 Å². The van der Waals surface area contributed by atoms with E-state index in [1.54, 1.807) is 11.3 Å². The van der Waals surface area contributed by atoms with Gasteiger partial charge in [0.05, 0.1) is 10.2 Å². The van der Waals surface area contributed by atoms with Crippen molar-refractivity contribution >= 4 is 32.4 Å². The number of nitrogens with one attached hydrogen (secondary N) is 1. The Bertz CT molecular complexity index is 861. The van der Waals surface area contributed by atoms with Gasteiger partial charge in [-0.2, -0.15) is 0 Å². The Hall–Kier alpha value is -1.91. The van der Waals surface area contributed by atoms with E-state index in [9.17, 15) is 0 Å². The highest BCUT2D eigenvalue weighted by molar-refractivity contribution is 7.22. The van der Waals surface area contributed by atoms with E-state index in [-0.39, 0.29) is 0 Å². The molecule has 0 bridgehead atoms. The first-order valence-corrected chi connectivity index (χ1v) is 10.5. The highest BCUT2D eigenvalue weighted by Crippen LogP contribution is 2.29. The zero-order chi connectivity index (χ0) is 17.9. The van der Waals surface area contributed by atoms with E-state index in [1.807, 2.05) is 0 Å².